The van der Waals surface area contributed by atoms with Crippen molar-refractivity contribution in [2.24, 2.45) is 0 Å². The van der Waals surface area contributed by atoms with Gasteiger partial charge in [0, 0.05) is 18.7 Å². The zero-order valence-electron chi connectivity index (χ0n) is 10.2. The highest BCUT2D eigenvalue weighted by molar-refractivity contribution is 5.56. The Labute approximate surface area is 100 Å². The second kappa shape index (κ2) is 4.85. The highest BCUT2D eigenvalue weighted by Gasteiger charge is 2.23. The Hall–Kier alpha value is -1.40. The number of aryl methyl sites for hydroxylation is 1. The van der Waals surface area contributed by atoms with Crippen LogP contribution < -0.4 is 10.6 Å². The number of aromatic nitrogens is 2. The van der Waals surface area contributed by atoms with Gasteiger partial charge in [-0.3, -0.25) is 0 Å². The van der Waals surface area contributed by atoms with E-state index >= 15 is 0 Å². The van der Waals surface area contributed by atoms with Crippen molar-refractivity contribution in [3.05, 3.63) is 11.4 Å². The lowest BCUT2D eigenvalue weighted by Crippen LogP contribution is -2.44. The van der Waals surface area contributed by atoms with Gasteiger partial charge in [-0.25, -0.2) is 9.97 Å². The van der Waals surface area contributed by atoms with Crippen LogP contribution in [0.25, 0.3) is 0 Å². The van der Waals surface area contributed by atoms with Gasteiger partial charge in [0.2, 0.25) is 0 Å². The summed E-state index contributed by atoms with van der Waals surface area (Å²) in [7, 11) is 0. The van der Waals surface area contributed by atoms with Crippen LogP contribution in [0.3, 0.4) is 0 Å². The topological polar surface area (TPSA) is 84.5 Å². The number of nitrogen functional groups attached to an aromatic ring is 1. The Kier molecular flexibility index (Phi) is 3.44. The summed E-state index contributed by atoms with van der Waals surface area (Å²) in [6.45, 7) is 5.74. The number of nitrogens with two attached hydrogens (primary N) is 1. The van der Waals surface area contributed by atoms with E-state index in [1.807, 2.05) is 13.8 Å². The average molecular weight is 238 g/mol. The highest BCUT2D eigenvalue weighted by atomic mass is 16.5. The maximum atomic E-state index is 9.13. The third kappa shape index (κ3) is 2.48. The zero-order valence-corrected chi connectivity index (χ0v) is 10.2. The summed E-state index contributed by atoms with van der Waals surface area (Å²) in [6.07, 6.45) is -0.153. The van der Waals surface area contributed by atoms with E-state index in [0.29, 0.717) is 24.8 Å². The van der Waals surface area contributed by atoms with E-state index < -0.39 is 0 Å². The lowest BCUT2D eigenvalue weighted by molar-refractivity contribution is 0.00332. The number of ether oxygens (including phenoxy) is 1. The normalized spacial score (nSPS) is 20.6. The molecule has 2 heterocycles. The van der Waals surface area contributed by atoms with Crippen molar-refractivity contribution in [3.8, 4) is 0 Å². The summed E-state index contributed by atoms with van der Waals surface area (Å²) in [5.41, 5.74) is 6.72. The summed E-state index contributed by atoms with van der Waals surface area (Å²) in [5.74, 6) is 2.02. The molecule has 0 bridgehead atoms. The third-order valence-corrected chi connectivity index (χ3v) is 2.91. The number of hydrogen-bond acceptors (Lipinski definition) is 6. The van der Waals surface area contributed by atoms with Crippen LogP contribution in [0.1, 0.15) is 11.4 Å². The monoisotopic (exact) mass is 238 g/mol. The van der Waals surface area contributed by atoms with Crippen LogP contribution >= 0.6 is 0 Å². The van der Waals surface area contributed by atoms with Crippen LogP contribution in [0.15, 0.2) is 0 Å². The average Bonchev–Trinajstić information content (AvgIpc) is 2.34. The number of aliphatic hydroxyl groups is 1. The highest BCUT2D eigenvalue weighted by Crippen LogP contribution is 2.23. The summed E-state index contributed by atoms with van der Waals surface area (Å²) in [5, 5.41) is 9.13. The third-order valence-electron chi connectivity index (χ3n) is 2.91. The van der Waals surface area contributed by atoms with E-state index in [4.69, 9.17) is 15.6 Å². The largest absolute Gasteiger partial charge is 0.394 e. The molecule has 2 rings (SSSR count). The molecule has 1 atom stereocenters. The Balaban J connectivity index is 2.27. The molecular weight excluding hydrogens is 220 g/mol. The molecule has 1 aliphatic heterocycles. The van der Waals surface area contributed by atoms with Gasteiger partial charge in [-0.1, -0.05) is 0 Å². The smallest absolute Gasteiger partial charge is 0.137 e. The van der Waals surface area contributed by atoms with Crippen LogP contribution in [0, 0.1) is 13.8 Å². The number of hydrogen-bond donors (Lipinski definition) is 2. The van der Waals surface area contributed by atoms with Gasteiger partial charge in [-0.15, -0.1) is 0 Å². The van der Waals surface area contributed by atoms with Crippen LogP contribution in [0.2, 0.25) is 0 Å². The molecule has 17 heavy (non-hydrogen) atoms. The van der Waals surface area contributed by atoms with Crippen LogP contribution in [-0.2, 0) is 4.74 Å². The lowest BCUT2D eigenvalue weighted by Gasteiger charge is -2.33. The fourth-order valence-electron chi connectivity index (χ4n) is 1.96. The fourth-order valence-corrected chi connectivity index (χ4v) is 1.96. The molecule has 0 spiro atoms. The molecule has 3 N–H and O–H groups in total. The second-order valence-corrected chi connectivity index (χ2v) is 4.23. The molecule has 1 unspecified atom stereocenters. The van der Waals surface area contributed by atoms with Gasteiger partial charge in [0.25, 0.3) is 0 Å². The van der Waals surface area contributed by atoms with Crippen molar-refractivity contribution in [2.45, 2.75) is 20.0 Å². The maximum absolute atomic E-state index is 9.13. The molecule has 1 fully saturated rings. The lowest BCUT2D eigenvalue weighted by atomic mass is 10.2. The molecule has 6 nitrogen and oxygen atoms in total. The van der Waals surface area contributed by atoms with Gasteiger partial charge in [-0.2, -0.15) is 0 Å². The van der Waals surface area contributed by atoms with Gasteiger partial charge in [0.05, 0.1) is 19.3 Å². The van der Waals surface area contributed by atoms with E-state index in [1.165, 1.54) is 0 Å². The second-order valence-electron chi connectivity index (χ2n) is 4.23. The Bertz CT molecular complexity index is 411. The molecule has 94 valence electrons. The fraction of sp³-hybridized carbons (Fsp3) is 0.636. The van der Waals surface area contributed by atoms with Crippen molar-refractivity contribution in [3.63, 3.8) is 0 Å². The molecule has 1 aliphatic rings. The molecule has 1 aromatic heterocycles. The predicted octanol–water partition coefficient (Wildman–Crippen LogP) is -0.127. The molecule has 1 aromatic rings. The minimum absolute atomic E-state index is 0.0229. The maximum Gasteiger partial charge on any atom is 0.137 e. The number of rotatable bonds is 2. The van der Waals surface area contributed by atoms with Gasteiger partial charge in [0.15, 0.2) is 0 Å². The first-order chi connectivity index (χ1) is 8.11. The van der Waals surface area contributed by atoms with Crippen molar-refractivity contribution in [1.82, 2.24) is 9.97 Å². The van der Waals surface area contributed by atoms with Gasteiger partial charge < -0.3 is 20.5 Å². The molecule has 1 saturated heterocycles. The van der Waals surface area contributed by atoms with Crippen molar-refractivity contribution < 1.29 is 9.84 Å². The summed E-state index contributed by atoms with van der Waals surface area (Å²) < 4.78 is 5.41. The first-order valence-electron chi connectivity index (χ1n) is 5.70. The van der Waals surface area contributed by atoms with Crippen LogP contribution in [-0.4, -0.2) is 47.5 Å². The molecule has 0 radical (unpaired) electrons. The van der Waals surface area contributed by atoms with Crippen molar-refractivity contribution in [1.29, 1.82) is 0 Å². The first-order valence-corrected chi connectivity index (χ1v) is 5.70. The molecular formula is C11H18N4O2. The number of nitrogens with zero attached hydrogens (tertiary/aromatic N) is 3. The molecule has 0 saturated carbocycles. The molecule has 0 amide bonds. The van der Waals surface area contributed by atoms with E-state index in [2.05, 4.69) is 14.9 Å². The van der Waals surface area contributed by atoms with Gasteiger partial charge in [0.1, 0.15) is 17.5 Å². The molecule has 6 heteroatoms. The molecule has 0 aliphatic carbocycles. The summed E-state index contributed by atoms with van der Waals surface area (Å²) in [4.78, 5) is 10.6. The van der Waals surface area contributed by atoms with Crippen LogP contribution in [0.5, 0.6) is 0 Å². The number of anilines is 2. The van der Waals surface area contributed by atoms with Crippen molar-refractivity contribution in [2.75, 3.05) is 36.9 Å². The van der Waals surface area contributed by atoms with E-state index in [0.717, 1.165) is 17.9 Å². The first kappa shape index (κ1) is 12.1. The van der Waals surface area contributed by atoms with Gasteiger partial charge >= 0.3 is 0 Å². The van der Waals surface area contributed by atoms with Crippen molar-refractivity contribution >= 4 is 11.6 Å². The quantitative estimate of drug-likeness (QED) is 0.747. The number of aliphatic hydroxyl groups excluding tert-OH is 1. The standard InChI is InChI=1S/C11H18N4O2/c1-7-10(12)13-8(2)14-11(7)15-3-4-17-9(5-15)6-16/h9,16H,3-6H2,1-2H3,(H2,12,13,14). The predicted molar refractivity (Wildman–Crippen MR) is 65.0 cm³/mol. The Morgan fingerprint density at radius 1 is 1.47 bits per heavy atom. The van der Waals surface area contributed by atoms with E-state index in [9.17, 15) is 0 Å². The Morgan fingerprint density at radius 2 is 2.24 bits per heavy atom. The SMILES string of the molecule is Cc1nc(N)c(C)c(N2CCOC(CO)C2)n1. The summed E-state index contributed by atoms with van der Waals surface area (Å²) >= 11 is 0. The zero-order chi connectivity index (χ0) is 12.4. The van der Waals surface area contributed by atoms with E-state index in [-0.39, 0.29) is 12.7 Å². The minimum atomic E-state index is -0.153. The Morgan fingerprint density at radius 3 is 2.94 bits per heavy atom. The minimum Gasteiger partial charge on any atom is -0.394 e. The summed E-state index contributed by atoms with van der Waals surface area (Å²) in [6, 6.07) is 0. The van der Waals surface area contributed by atoms with E-state index in [1.54, 1.807) is 0 Å². The molecule has 0 aromatic carbocycles. The van der Waals surface area contributed by atoms with Gasteiger partial charge in [-0.05, 0) is 13.8 Å². The number of morpholine rings is 1. The van der Waals surface area contributed by atoms with Crippen LogP contribution in [0.4, 0.5) is 11.6 Å².